The first kappa shape index (κ1) is 21.4. The highest BCUT2D eigenvalue weighted by atomic mass is 32.2. The van der Waals surface area contributed by atoms with Gasteiger partial charge in [0.15, 0.2) is 0 Å². The Morgan fingerprint density at radius 2 is 1.63 bits per heavy atom. The summed E-state index contributed by atoms with van der Waals surface area (Å²) in [5.41, 5.74) is 3.74. The third kappa shape index (κ3) is 4.48. The molecule has 2 aromatic heterocycles. The first-order valence-electron chi connectivity index (χ1n) is 9.41. The lowest BCUT2D eigenvalue weighted by molar-refractivity contribution is 0.102. The Balaban J connectivity index is 1.77. The summed E-state index contributed by atoms with van der Waals surface area (Å²) < 4.78 is 29.4. The van der Waals surface area contributed by atoms with Gasteiger partial charge in [0.05, 0.1) is 16.2 Å². The molecule has 0 fully saturated rings. The normalized spacial score (nSPS) is 11.4. The Hall–Kier alpha value is -3.27. The van der Waals surface area contributed by atoms with Crippen molar-refractivity contribution in [2.75, 3.05) is 10.0 Å². The predicted molar refractivity (Wildman–Crippen MR) is 114 cm³/mol. The smallest absolute Gasteiger partial charge is 0.264 e. The number of amides is 1. The number of carbonyl (C=O) groups is 1. The second kappa shape index (κ2) is 8.23. The monoisotopic (exact) mass is 428 g/mol. The van der Waals surface area contributed by atoms with Crippen molar-refractivity contribution in [3.63, 3.8) is 0 Å². The van der Waals surface area contributed by atoms with Crippen molar-refractivity contribution in [1.82, 2.24) is 19.7 Å². The molecule has 0 atom stereocenters. The summed E-state index contributed by atoms with van der Waals surface area (Å²) in [4.78, 5) is 20.9. The van der Waals surface area contributed by atoms with E-state index in [0.29, 0.717) is 34.9 Å². The van der Waals surface area contributed by atoms with Crippen LogP contribution >= 0.6 is 0 Å². The molecule has 0 saturated carbocycles. The number of nitrogens with zero attached hydrogens (tertiary/aromatic N) is 4. The first-order valence-corrected chi connectivity index (χ1v) is 10.9. The Labute approximate surface area is 175 Å². The van der Waals surface area contributed by atoms with E-state index in [-0.39, 0.29) is 16.8 Å². The van der Waals surface area contributed by atoms with Gasteiger partial charge in [-0.15, -0.1) is 0 Å². The third-order valence-electron chi connectivity index (χ3n) is 4.54. The molecule has 0 aliphatic rings. The second-order valence-corrected chi connectivity index (χ2v) is 8.60. The molecule has 2 heterocycles. The van der Waals surface area contributed by atoms with Crippen LogP contribution in [0.4, 0.5) is 11.6 Å². The summed E-state index contributed by atoms with van der Waals surface area (Å²) >= 11 is 0. The molecule has 2 N–H and O–H groups in total. The predicted octanol–water partition coefficient (Wildman–Crippen LogP) is 2.98. The van der Waals surface area contributed by atoms with E-state index in [1.165, 1.54) is 24.3 Å². The topological polar surface area (TPSA) is 119 Å². The van der Waals surface area contributed by atoms with E-state index >= 15 is 0 Å². The average molecular weight is 429 g/mol. The van der Waals surface area contributed by atoms with Crippen LogP contribution in [-0.4, -0.2) is 34.1 Å². The number of hydrogen-bond acceptors (Lipinski definition) is 6. The molecule has 1 aromatic carbocycles. The highest BCUT2D eigenvalue weighted by Gasteiger charge is 2.19. The van der Waals surface area contributed by atoms with E-state index in [2.05, 4.69) is 25.1 Å². The van der Waals surface area contributed by atoms with Gasteiger partial charge in [0, 0.05) is 29.3 Å². The number of anilines is 2. The summed E-state index contributed by atoms with van der Waals surface area (Å²) in [5, 5.41) is 7.13. The zero-order chi connectivity index (χ0) is 22.1. The fourth-order valence-corrected chi connectivity index (χ4v) is 4.14. The second-order valence-electron chi connectivity index (χ2n) is 6.92. The average Bonchev–Trinajstić information content (AvgIpc) is 2.94. The Kier molecular flexibility index (Phi) is 5.88. The number of benzene rings is 1. The Bertz CT molecular complexity index is 1180. The Morgan fingerprint density at radius 3 is 2.17 bits per heavy atom. The van der Waals surface area contributed by atoms with Gasteiger partial charge in [0.1, 0.15) is 0 Å². The molecule has 0 radical (unpaired) electrons. The summed E-state index contributed by atoms with van der Waals surface area (Å²) in [6.45, 7) is 9.77. The molecule has 3 rings (SSSR count). The maximum Gasteiger partial charge on any atom is 0.264 e. The van der Waals surface area contributed by atoms with Crippen molar-refractivity contribution in [3.8, 4) is 0 Å². The molecule has 0 aliphatic heterocycles. The fourth-order valence-electron chi connectivity index (χ4n) is 3.20. The van der Waals surface area contributed by atoms with Gasteiger partial charge < -0.3 is 5.32 Å². The summed E-state index contributed by atoms with van der Waals surface area (Å²) in [6, 6.07) is 7.64. The molecule has 0 saturated heterocycles. The molecule has 10 heteroatoms. The van der Waals surface area contributed by atoms with Gasteiger partial charge in [-0.3, -0.25) is 9.48 Å². The fraction of sp³-hybridized carbons (Fsp3) is 0.300. The van der Waals surface area contributed by atoms with E-state index in [9.17, 15) is 13.2 Å². The maximum absolute atomic E-state index is 12.7. The van der Waals surface area contributed by atoms with Crippen molar-refractivity contribution >= 4 is 27.6 Å². The number of rotatable bonds is 6. The summed E-state index contributed by atoms with van der Waals surface area (Å²) in [5.74, 6) is -0.272. The molecular weight excluding hydrogens is 404 g/mol. The standard InChI is InChI=1S/C20H24N6O3S/c1-6-26-15(5)18(14(4)24-26)19(27)23-16-7-9-17(10-8-16)30(28,29)25-20-21-12(2)11-13(3)22-20/h7-11H,6H2,1-5H3,(H,23,27)(H,21,22,25). The molecule has 3 aromatic rings. The molecule has 1 amide bonds. The lowest BCUT2D eigenvalue weighted by Crippen LogP contribution is -2.16. The molecule has 0 spiro atoms. The Morgan fingerprint density at radius 1 is 1.03 bits per heavy atom. The van der Waals surface area contributed by atoms with Gasteiger partial charge in [0.25, 0.3) is 15.9 Å². The number of aryl methyl sites for hydroxylation is 4. The van der Waals surface area contributed by atoms with Gasteiger partial charge >= 0.3 is 0 Å². The van der Waals surface area contributed by atoms with Crippen LogP contribution in [0, 0.1) is 27.7 Å². The third-order valence-corrected chi connectivity index (χ3v) is 5.88. The van der Waals surface area contributed by atoms with Crippen molar-refractivity contribution in [1.29, 1.82) is 0 Å². The largest absolute Gasteiger partial charge is 0.322 e. The van der Waals surface area contributed by atoms with E-state index in [0.717, 1.165) is 5.69 Å². The zero-order valence-electron chi connectivity index (χ0n) is 17.5. The minimum Gasteiger partial charge on any atom is -0.322 e. The number of sulfonamides is 1. The zero-order valence-corrected chi connectivity index (χ0v) is 18.3. The number of hydrogen-bond donors (Lipinski definition) is 2. The van der Waals surface area contributed by atoms with E-state index < -0.39 is 10.0 Å². The van der Waals surface area contributed by atoms with Crippen LogP contribution in [-0.2, 0) is 16.6 Å². The summed E-state index contributed by atoms with van der Waals surface area (Å²) in [7, 11) is -3.86. The van der Waals surface area contributed by atoms with E-state index in [1.54, 1.807) is 31.5 Å². The number of aromatic nitrogens is 4. The molecule has 0 aliphatic carbocycles. The molecule has 0 unspecified atom stereocenters. The minimum absolute atomic E-state index is 0.0174. The van der Waals surface area contributed by atoms with Crippen LogP contribution in [0.15, 0.2) is 35.2 Å². The van der Waals surface area contributed by atoms with Crippen molar-refractivity contribution in [2.45, 2.75) is 46.1 Å². The molecule has 0 bridgehead atoms. The minimum atomic E-state index is -3.86. The highest BCUT2D eigenvalue weighted by molar-refractivity contribution is 7.92. The highest BCUT2D eigenvalue weighted by Crippen LogP contribution is 2.19. The van der Waals surface area contributed by atoms with Crippen LogP contribution in [0.25, 0.3) is 0 Å². The lowest BCUT2D eigenvalue weighted by atomic mass is 10.2. The van der Waals surface area contributed by atoms with E-state index in [4.69, 9.17) is 0 Å². The molecule has 158 valence electrons. The van der Waals surface area contributed by atoms with Gasteiger partial charge in [-0.05, 0) is 65.0 Å². The van der Waals surface area contributed by atoms with Crippen LogP contribution in [0.5, 0.6) is 0 Å². The van der Waals surface area contributed by atoms with Gasteiger partial charge in [0.2, 0.25) is 5.95 Å². The van der Waals surface area contributed by atoms with Crippen molar-refractivity contribution < 1.29 is 13.2 Å². The van der Waals surface area contributed by atoms with Crippen LogP contribution in [0.2, 0.25) is 0 Å². The van der Waals surface area contributed by atoms with Crippen molar-refractivity contribution in [2.24, 2.45) is 0 Å². The molecular formula is C20H24N6O3S. The van der Waals surface area contributed by atoms with Gasteiger partial charge in [-0.25, -0.2) is 23.1 Å². The van der Waals surface area contributed by atoms with Gasteiger partial charge in [-0.1, -0.05) is 0 Å². The quantitative estimate of drug-likeness (QED) is 0.623. The SMILES string of the molecule is CCn1nc(C)c(C(=O)Nc2ccc(S(=O)(=O)Nc3nc(C)cc(C)n3)cc2)c1C. The first-order chi connectivity index (χ1) is 14.1. The van der Waals surface area contributed by atoms with Crippen LogP contribution < -0.4 is 10.0 Å². The van der Waals surface area contributed by atoms with Crippen molar-refractivity contribution in [3.05, 3.63) is 58.7 Å². The van der Waals surface area contributed by atoms with E-state index in [1.807, 2.05) is 13.8 Å². The lowest BCUT2D eigenvalue weighted by Gasteiger charge is -2.10. The summed E-state index contributed by atoms with van der Waals surface area (Å²) in [6.07, 6.45) is 0. The maximum atomic E-state index is 12.7. The number of nitrogens with one attached hydrogen (secondary N) is 2. The number of carbonyl (C=O) groups excluding carboxylic acids is 1. The molecule has 30 heavy (non-hydrogen) atoms. The van der Waals surface area contributed by atoms with Gasteiger partial charge in [-0.2, -0.15) is 5.10 Å². The van der Waals surface area contributed by atoms with Crippen LogP contribution in [0.1, 0.15) is 40.1 Å². The van der Waals surface area contributed by atoms with Crippen LogP contribution in [0.3, 0.4) is 0 Å². The molecule has 9 nitrogen and oxygen atoms in total.